The molecule has 0 bridgehead atoms. The first-order valence-electron chi connectivity index (χ1n) is 18.3. The van der Waals surface area contributed by atoms with Gasteiger partial charge in [-0.25, -0.2) is 4.98 Å². The second kappa shape index (κ2) is 21.3. The third kappa shape index (κ3) is 13.0. The van der Waals surface area contributed by atoms with E-state index in [9.17, 15) is 9.59 Å². The molecule has 12 heteroatoms. The first-order valence-corrected chi connectivity index (χ1v) is 19.0. The molecule has 10 nitrogen and oxygen atoms in total. The van der Waals surface area contributed by atoms with Crippen LogP contribution in [0.1, 0.15) is 83.6 Å². The number of nitrogens with zero attached hydrogens (tertiary/aromatic N) is 4. The minimum Gasteiger partial charge on any atom is -0.491 e. The third-order valence-corrected chi connectivity index (χ3v) is 9.77. The summed E-state index contributed by atoms with van der Waals surface area (Å²) >= 11 is 12.7. The number of halogens is 2. The molecule has 280 valence electrons. The number of piperazine rings is 1. The molecule has 2 fully saturated rings. The summed E-state index contributed by atoms with van der Waals surface area (Å²) in [6.45, 7) is 8.05. The van der Waals surface area contributed by atoms with Crippen molar-refractivity contribution in [2.24, 2.45) is 0 Å². The van der Waals surface area contributed by atoms with Gasteiger partial charge in [-0.2, -0.15) is 0 Å². The van der Waals surface area contributed by atoms with Crippen LogP contribution in [-0.4, -0.2) is 78.9 Å². The highest BCUT2D eigenvalue weighted by atomic mass is 35.5. The van der Waals surface area contributed by atoms with Gasteiger partial charge in [0.25, 0.3) is 0 Å². The summed E-state index contributed by atoms with van der Waals surface area (Å²) in [5.41, 5.74) is 1.82. The summed E-state index contributed by atoms with van der Waals surface area (Å²) in [5, 5.41) is 1.02. The number of esters is 1. The predicted molar refractivity (Wildman–Crippen MR) is 201 cm³/mol. The Morgan fingerprint density at radius 2 is 1.63 bits per heavy atom. The summed E-state index contributed by atoms with van der Waals surface area (Å²) in [6.07, 6.45) is 17.1. The predicted octanol–water partition coefficient (Wildman–Crippen LogP) is 8.29. The molecule has 0 N–H and O–H groups in total. The zero-order valence-corrected chi connectivity index (χ0v) is 31.9. The van der Waals surface area contributed by atoms with E-state index in [0.29, 0.717) is 41.8 Å². The van der Waals surface area contributed by atoms with E-state index in [0.717, 1.165) is 44.0 Å². The number of rotatable bonds is 17. The number of carbonyl (C=O) groups is 2. The molecule has 0 radical (unpaired) electrons. The molecular weight excluding hydrogens is 691 g/mol. The maximum atomic E-state index is 11.6. The molecule has 0 spiro atoms. The van der Waals surface area contributed by atoms with Gasteiger partial charge in [0.2, 0.25) is 11.7 Å². The van der Waals surface area contributed by atoms with Gasteiger partial charge in [0, 0.05) is 68.2 Å². The highest BCUT2D eigenvalue weighted by Gasteiger charge is 2.45. The molecule has 0 unspecified atom stereocenters. The van der Waals surface area contributed by atoms with E-state index >= 15 is 0 Å². The van der Waals surface area contributed by atoms with E-state index in [1.165, 1.54) is 58.5 Å². The zero-order valence-electron chi connectivity index (χ0n) is 30.4. The van der Waals surface area contributed by atoms with Crippen LogP contribution in [0.2, 0.25) is 10.0 Å². The number of ether oxygens (including phenoxy) is 4. The van der Waals surface area contributed by atoms with Gasteiger partial charge in [-0.1, -0.05) is 87.6 Å². The Balaban J connectivity index is 0.000000330. The Bertz CT molecular complexity index is 1470. The summed E-state index contributed by atoms with van der Waals surface area (Å²) < 4.78 is 25.2. The van der Waals surface area contributed by atoms with Gasteiger partial charge in [0.1, 0.15) is 18.5 Å². The monoisotopic (exact) mass is 744 g/mol. The van der Waals surface area contributed by atoms with E-state index in [-0.39, 0.29) is 18.0 Å². The van der Waals surface area contributed by atoms with Crippen LogP contribution >= 0.6 is 23.2 Å². The van der Waals surface area contributed by atoms with Crippen LogP contribution in [-0.2, 0) is 36.1 Å². The molecule has 3 heterocycles. The number of benzene rings is 2. The molecule has 51 heavy (non-hydrogen) atoms. The molecule has 2 saturated heterocycles. The standard InChI is InChI=1S/C26H28Cl2N4O4.C13H26O2/c1-19(33)31-10-12-32(13-11-31)21-3-5-22(6-4-21)34-15-23-16-35-26(36-23,17-30-9-8-29-18-30)24-7-2-20(27)14-25(24)28;1-3-4-5-6-7-8-9-10-11-12-13(14)15-2/h2-9,14,18,23H,10-13,15-17H2,1H3;3-12H2,1-2H3/t23-,26-;/m0./s1. The Hall–Kier alpha value is -3.31. The normalized spacial score (nSPS) is 18.6. The van der Waals surface area contributed by atoms with Crippen molar-refractivity contribution in [2.45, 2.75) is 96.5 Å². The summed E-state index contributed by atoms with van der Waals surface area (Å²) in [6, 6.07) is 13.3. The number of unbranched alkanes of at least 4 members (excludes halogenated alkanes) is 8. The quantitative estimate of drug-likeness (QED) is 0.101. The largest absolute Gasteiger partial charge is 0.491 e. The van der Waals surface area contributed by atoms with Gasteiger partial charge < -0.3 is 33.3 Å². The Labute approximate surface area is 313 Å². The Kier molecular flexibility index (Phi) is 16.9. The second-order valence-corrected chi connectivity index (χ2v) is 14.0. The first kappa shape index (κ1) is 40.5. The van der Waals surface area contributed by atoms with Gasteiger partial charge in [-0.05, 0) is 42.8 Å². The number of hydrogen-bond acceptors (Lipinski definition) is 8. The highest BCUT2D eigenvalue weighted by molar-refractivity contribution is 6.35. The average Bonchev–Trinajstić information content (AvgIpc) is 3.81. The van der Waals surface area contributed by atoms with E-state index in [4.69, 9.17) is 37.4 Å². The fourth-order valence-corrected chi connectivity index (χ4v) is 6.83. The molecule has 1 aromatic heterocycles. The van der Waals surface area contributed by atoms with E-state index in [2.05, 4.69) is 21.5 Å². The third-order valence-electron chi connectivity index (χ3n) is 9.23. The molecule has 2 aromatic carbocycles. The van der Waals surface area contributed by atoms with E-state index in [1.807, 2.05) is 46.0 Å². The lowest BCUT2D eigenvalue weighted by Crippen LogP contribution is -2.48. The minimum atomic E-state index is -1.08. The van der Waals surface area contributed by atoms with Gasteiger partial charge in [0.15, 0.2) is 0 Å². The summed E-state index contributed by atoms with van der Waals surface area (Å²) in [4.78, 5) is 30.6. The van der Waals surface area contributed by atoms with Gasteiger partial charge in [0.05, 0.1) is 31.6 Å². The van der Waals surface area contributed by atoms with Crippen LogP contribution in [0.3, 0.4) is 0 Å². The second-order valence-electron chi connectivity index (χ2n) is 13.1. The number of imidazole rings is 1. The Morgan fingerprint density at radius 3 is 2.24 bits per heavy atom. The molecule has 2 atom stereocenters. The molecule has 5 rings (SSSR count). The van der Waals surface area contributed by atoms with E-state index < -0.39 is 5.79 Å². The lowest BCUT2D eigenvalue weighted by atomic mass is 10.1. The summed E-state index contributed by atoms with van der Waals surface area (Å²) in [5.74, 6) is -0.273. The maximum Gasteiger partial charge on any atom is 0.305 e. The zero-order chi connectivity index (χ0) is 36.5. The molecule has 2 aliphatic heterocycles. The molecule has 2 aliphatic rings. The lowest BCUT2D eigenvalue weighted by Gasteiger charge is -2.35. The van der Waals surface area contributed by atoms with Crippen LogP contribution in [0, 0.1) is 0 Å². The average molecular weight is 746 g/mol. The molecule has 0 saturated carbocycles. The fourth-order valence-electron chi connectivity index (χ4n) is 6.28. The van der Waals surface area contributed by atoms with Crippen LogP contribution < -0.4 is 9.64 Å². The van der Waals surface area contributed by atoms with Crippen molar-refractivity contribution in [3.8, 4) is 5.75 Å². The number of hydrogen-bond donors (Lipinski definition) is 0. The molecule has 1 amide bonds. The molecule has 0 aliphatic carbocycles. The number of carbonyl (C=O) groups excluding carboxylic acids is 2. The van der Waals surface area contributed by atoms with Crippen molar-refractivity contribution in [1.82, 2.24) is 14.5 Å². The van der Waals surface area contributed by atoms with Crippen molar-refractivity contribution in [1.29, 1.82) is 0 Å². The first-order chi connectivity index (χ1) is 24.7. The highest BCUT2D eigenvalue weighted by Crippen LogP contribution is 2.40. The van der Waals surface area contributed by atoms with Gasteiger partial charge in [-0.3, -0.25) is 9.59 Å². The Morgan fingerprint density at radius 1 is 0.941 bits per heavy atom. The van der Waals surface area contributed by atoms with Crippen LogP contribution in [0.25, 0.3) is 0 Å². The molecular formula is C39H54Cl2N4O6. The maximum absolute atomic E-state index is 11.6. The minimum absolute atomic E-state index is 0.0713. The SMILES string of the molecule is CC(=O)N1CCN(c2ccc(OC[C@H]3CO[C@](Cn4ccnc4)(c4ccc(Cl)cc4Cl)O3)cc2)CC1.CCCCCCCCCCCC(=O)OC. The smallest absolute Gasteiger partial charge is 0.305 e. The van der Waals surface area contributed by atoms with Crippen LogP contribution in [0.5, 0.6) is 5.75 Å². The van der Waals surface area contributed by atoms with Crippen molar-refractivity contribution in [3.05, 3.63) is 76.8 Å². The van der Waals surface area contributed by atoms with Gasteiger partial charge >= 0.3 is 5.97 Å². The van der Waals surface area contributed by atoms with Crippen molar-refractivity contribution < 1.29 is 28.5 Å². The number of aromatic nitrogens is 2. The van der Waals surface area contributed by atoms with Crippen molar-refractivity contribution >= 4 is 40.8 Å². The van der Waals surface area contributed by atoms with Crippen molar-refractivity contribution in [3.63, 3.8) is 0 Å². The number of methoxy groups -OCH3 is 1. The van der Waals surface area contributed by atoms with Crippen molar-refractivity contribution in [2.75, 3.05) is 51.4 Å². The van der Waals surface area contributed by atoms with Crippen LogP contribution in [0.15, 0.2) is 61.2 Å². The lowest BCUT2D eigenvalue weighted by molar-refractivity contribution is -0.189. The number of anilines is 1. The van der Waals surface area contributed by atoms with Crippen LogP contribution in [0.4, 0.5) is 5.69 Å². The van der Waals surface area contributed by atoms with Gasteiger partial charge in [-0.15, -0.1) is 0 Å². The number of amides is 1. The van der Waals surface area contributed by atoms with E-state index in [1.54, 1.807) is 31.6 Å². The summed E-state index contributed by atoms with van der Waals surface area (Å²) in [7, 11) is 1.45. The molecule has 3 aromatic rings. The fraction of sp³-hybridized carbons (Fsp3) is 0.564. The topological polar surface area (TPSA) is 95.4 Å².